The fourth-order valence-electron chi connectivity index (χ4n) is 5.83. The van der Waals surface area contributed by atoms with Gasteiger partial charge in [-0.3, -0.25) is 18.8 Å². The van der Waals surface area contributed by atoms with Crippen LogP contribution in [0.4, 0.5) is 0 Å². The Bertz CT molecular complexity index is 1040. The zero-order chi connectivity index (χ0) is 21.4. The predicted molar refractivity (Wildman–Crippen MR) is 127 cm³/mol. The van der Waals surface area contributed by atoms with Gasteiger partial charge in [-0.05, 0) is 57.3 Å². The van der Waals surface area contributed by atoms with Crippen molar-refractivity contribution in [2.75, 3.05) is 32.7 Å². The lowest BCUT2D eigenvalue weighted by molar-refractivity contribution is 0.219. The summed E-state index contributed by atoms with van der Waals surface area (Å²) < 4.78 is 3.64. The number of thiophene rings is 1. The fraction of sp³-hybridized carbons (Fsp3) is 0.750. The van der Waals surface area contributed by atoms with Gasteiger partial charge in [0.05, 0.1) is 5.39 Å². The Morgan fingerprint density at radius 3 is 2.39 bits per heavy atom. The van der Waals surface area contributed by atoms with Crippen LogP contribution in [0.3, 0.4) is 0 Å². The fourth-order valence-corrected chi connectivity index (χ4v) is 7.23. The van der Waals surface area contributed by atoms with Crippen LogP contribution in [0.15, 0.2) is 9.59 Å². The van der Waals surface area contributed by atoms with Gasteiger partial charge >= 0.3 is 5.69 Å². The molecule has 3 aliphatic rings. The van der Waals surface area contributed by atoms with E-state index in [9.17, 15) is 9.59 Å². The third-order valence-corrected chi connectivity index (χ3v) is 8.95. The number of hydrogen-bond acceptors (Lipinski definition) is 5. The van der Waals surface area contributed by atoms with Gasteiger partial charge in [-0.25, -0.2) is 4.79 Å². The second kappa shape index (κ2) is 9.20. The maximum Gasteiger partial charge on any atom is 0.332 e. The molecular formula is C24H36N4O2S. The summed E-state index contributed by atoms with van der Waals surface area (Å²) in [6.45, 7) is 9.00. The molecule has 2 aromatic heterocycles. The van der Waals surface area contributed by atoms with Gasteiger partial charge in [0, 0.05) is 37.1 Å². The van der Waals surface area contributed by atoms with Gasteiger partial charge in [0.15, 0.2) is 0 Å². The SMILES string of the molecule is CCN1CCc2c(sc3c2c(=O)n(C2CCCCC2)c(=O)n3CCN2CCCCC2)C1. The lowest BCUT2D eigenvalue weighted by atomic mass is 9.95. The van der Waals surface area contributed by atoms with Crippen molar-refractivity contribution >= 4 is 21.6 Å². The molecule has 1 saturated carbocycles. The largest absolute Gasteiger partial charge is 0.332 e. The molecule has 7 heteroatoms. The number of aromatic nitrogens is 2. The van der Waals surface area contributed by atoms with Crippen molar-refractivity contribution in [3.05, 3.63) is 31.3 Å². The Balaban J connectivity index is 1.61. The summed E-state index contributed by atoms with van der Waals surface area (Å²) in [5.74, 6) is 0. The van der Waals surface area contributed by atoms with Gasteiger partial charge in [-0.1, -0.05) is 32.6 Å². The molecule has 0 bridgehead atoms. The van der Waals surface area contributed by atoms with Crippen LogP contribution >= 0.6 is 11.3 Å². The average molecular weight is 445 g/mol. The standard InChI is InChI=1S/C24H36N4O2S/c1-2-25-14-11-19-20(17-25)31-23-21(19)22(29)28(18-9-5-3-6-10-18)24(30)27(23)16-15-26-12-7-4-8-13-26/h18H,2-17H2,1H3. The van der Waals surface area contributed by atoms with Crippen LogP contribution in [0.2, 0.25) is 0 Å². The molecule has 170 valence electrons. The van der Waals surface area contributed by atoms with Crippen molar-refractivity contribution in [3.8, 4) is 0 Å². The number of rotatable bonds is 5. The highest BCUT2D eigenvalue weighted by atomic mass is 32.1. The first kappa shape index (κ1) is 21.4. The smallest absolute Gasteiger partial charge is 0.302 e. The topological polar surface area (TPSA) is 50.5 Å². The number of nitrogens with zero attached hydrogens (tertiary/aromatic N) is 4. The van der Waals surface area contributed by atoms with Crippen LogP contribution in [-0.4, -0.2) is 51.7 Å². The molecule has 2 aromatic rings. The Morgan fingerprint density at radius 2 is 1.65 bits per heavy atom. The zero-order valence-corrected chi connectivity index (χ0v) is 19.7. The van der Waals surface area contributed by atoms with Gasteiger partial charge in [0.1, 0.15) is 4.83 Å². The van der Waals surface area contributed by atoms with Gasteiger partial charge in [-0.15, -0.1) is 11.3 Å². The maximum absolute atomic E-state index is 13.7. The molecule has 6 nitrogen and oxygen atoms in total. The lowest BCUT2D eigenvalue weighted by Crippen LogP contribution is -2.44. The molecule has 5 rings (SSSR count). The van der Waals surface area contributed by atoms with Gasteiger partial charge in [0.2, 0.25) is 0 Å². The highest BCUT2D eigenvalue weighted by molar-refractivity contribution is 7.18. The molecule has 31 heavy (non-hydrogen) atoms. The van der Waals surface area contributed by atoms with E-state index in [4.69, 9.17) is 0 Å². The molecule has 0 unspecified atom stereocenters. The molecule has 1 aliphatic carbocycles. The molecule has 0 radical (unpaired) electrons. The van der Waals surface area contributed by atoms with Crippen LogP contribution in [0.25, 0.3) is 10.2 Å². The van der Waals surface area contributed by atoms with Gasteiger partial charge < -0.3 is 4.90 Å². The van der Waals surface area contributed by atoms with E-state index in [0.29, 0.717) is 6.54 Å². The molecule has 4 heterocycles. The van der Waals surface area contributed by atoms with E-state index in [1.165, 1.54) is 36.1 Å². The summed E-state index contributed by atoms with van der Waals surface area (Å²) in [5, 5.41) is 0.861. The third-order valence-electron chi connectivity index (χ3n) is 7.71. The van der Waals surface area contributed by atoms with E-state index < -0.39 is 0 Å². The minimum atomic E-state index is -0.0626. The summed E-state index contributed by atoms with van der Waals surface area (Å²) in [6.07, 6.45) is 10.1. The molecular weight excluding hydrogens is 408 g/mol. The minimum absolute atomic E-state index is 0.0106. The lowest BCUT2D eigenvalue weighted by Gasteiger charge is -2.28. The van der Waals surface area contributed by atoms with E-state index in [2.05, 4.69) is 16.7 Å². The van der Waals surface area contributed by atoms with Crippen molar-refractivity contribution in [2.24, 2.45) is 0 Å². The number of fused-ring (bicyclic) bond motifs is 3. The Hall–Kier alpha value is -1.44. The van der Waals surface area contributed by atoms with Crippen molar-refractivity contribution in [1.29, 1.82) is 0 Å². The summed E-state index contributed by atoms with van der Waals surface area (Å²) >= 11 is 1.71. The first-order valence-electron chi connectivity index (χ1n) is 12.4. The van der Waals surface area contributed by atoms with Crippen molar-refractivity contribution < 1.29 is 0 Å². The predicted octanol–water partition coefficient (Wildman–Crippen LogP) is 3.59. The van der Waals surface area contributed by atoms with Crippen molar-refractivity contribution in [2.45, 2.75) is 83.8 Å². The van der Waals surface area contributed by atoms with Crippen LogP contribution in [-0.2, 0) is 19.5 Å². The van der Waals surface area contributed by atoms with Gasteiger partial charge in [-0.2, -0.15) is 0 Å². The number of likely N-dealkylation sites (tertiary alicyclic amines) is 1. The summed E-state index contributed by atoms with van der Waals surface area (Å²) in [7, 11) is 0. The van der Waals surface area contributed by atoms with Crippen LogP contribution in [0.5, 0.6) is 0 Å². The summed E-state index contributed by atoms with van der Waals surface area (Å²) in [6, 6.07) is 0.0747. The van der Waals surface area contributed by atoms with E-state index in [-0.39, 0.29) is 17.3 Å². The molecule has 0 N–H and O–H groups in total. The molecule has 2 fully saturated rings. The van der Waals surface area contributed by atoms with Crippen LogP contribution in [0, 0.1) is 0 Å². The normalized spacial score (nSPS) is 21.6. The molecule has 0 aromatic carbocycles. The monoisotopic (exact) mass is 444 g/mol. The highest BCUT2D eigenvalue weighted by Crippen LogP contribution is 2.34. The molecule has 0 amide bonds. The average Bonchev–Trinajstić information content (AvgIpc) is 3.19. The summed E-state index contributed by atoms with van der Waals surface area (Å²) in [5.41, 5.74) is 1.15. The second-order valence-corrected chi connectivity index (χ2v) is 10.7. The van der Waals surface area contributed by atoms with Crippen LogP contribution < -0.4 is 11.2 Å². The van der Waals surface area contributed by atoms with Crippen molar-refractivity contribution in [1.82, 2.24) is 18.9 Å². The van der Waals surface area contributed by atoms with Crippen molar-refractivity contribution in [3.63, 3.8) is 0 Å². The number of hydrogen-bond donors (Lipinski definition) is 0. The number of piperidine rings is 1. The first-order valence-corrected chi connectivity index (χ1v) is 13.2. The summed E-state index contributed by atoms with van der Waals surface area (Å²) in [4.78, 5) is 34.6. The van der Waals surface area contributed by atoms with E-state index in [0.717, 1.165) is 81.6 Å². The molecule has 0 spiro atoms. The first-order chi connectivity index (χ1) is 15.2. The van der Waals surface area contributed by atoms with E-state index >= 15 is 0 Å². The van der Waals surface area contributed by atoms with E-state index in [1.807, 2.05) is 4.57 Å². The Kier molecular flexibility index (Phi) is 6.35. The molecule has 1 saturated heterocycles. The minimum Gasteiger partial charge on any atom is -0.302 e. The molecule has 0 atom stereocenters. The van der Waals surface area contributed by atoms with Crippen LogP contribution in [0.1, 0.15) is 74.8 Å². The van der Waals surface area contributed by atoms with Gasteiger partial charge in [0.25, 0.3) is 5.56 Å². The maximum atomic E-state index is 13.7. The zero-order valence-electron chi connectivity index (χ0n) is 18.9. The number of likely N-dealkylation sites (N-methyl/N-ethyl adjacent to an activating group) is 1. The highest BCUT2D eigenvalue weighted by Gasteiger charge is 2.28. The third kappa shape index (κ3) is 4.05. The second-order valence-electron chi connectivity index (χ2n) is 9.61. The quantitative estimate of drug-likeness (QED) is 0.707. The Labute approximate surface area is 188 Å². The Morgan fingerprint density at radius 1 is 0.903 bits per heavy atom. The molecule has 2 aliphatic heterocycles. The van der Waals surface area contributed by atoms with E-state index in [1.54, 1.807) is 15.9 Å².